The van der Waals surface area contributed by atoms with Gasteiger partial charge in [-0.2, -0.15) is 0 Å². The van der Waals surface area contributed by atoms with Crippen molar-refractivity contribution in [1.82, 2.24) is 0 Å². The Morgan fingerprint density at radius 1 is 0.595 bits per heavy atom. The molecular formula is C35H42N2. The lowest BCUT2D eigenvalue weighted by Crippen LogP contribution is -2.54. The fraction of sp³-hybridized carbons (Fsp3) is 0.314. The molecule has 6 rings (SSSR count). The van der Waals surface area contributed by atoms with Gasteiger partial charge in [-0.25, -0.2) is 0 Å². The summed E-state index contributed by atoms with van der Waals surface area (Å²) in [5, 5.41) is 0. The lowest BCUT2D eigenvalue weighted by Gasteiger charge is -2.51. The number of rotatable bonds is 3. The largest absolute Gasteiger partial charge is 0.318 e. The third kappa shape index (κ3) is 4.23. The summed E-state index contributed by atoms with van der Waals surface area (Å²) in [6.45, 7) is 15.2. The molecule has 0 fully saturated rings. The fourth-order valence-corrected chi connectivity index (χ4v) is 6.06. The van der Waals surface area contributed by atoms with Crippen molar-refractivity contribution < 1.29 is 0 Å². The topological polar surface area (TPSA) is 6.48 Å². The van der Waals surface area contributed by atoms with E-state index in [1.807, 2.05) is 27.7 Å². The first-order valence-electron chi connectivity index (χ1n) is 14.1. The van der Waals surface area contributed by atoms with E-state index >= 15 is 0 Å². The first-order valence-corrected chi connectivity index (χ1v) is 14.1. The van der Waals surface area contributed by atoms with Gasteiger partial charge in [0.2, 0.25) is 0 Å². The van der Waals surface area contributed by atoms with E-state index in [1.54, 1.807) is 0 Å². The molecule has 2 heteroatoms. The van der Waals surface area contributed by atoms with E-state index in [4.69, 9.17) is 0 Å². The van der Waals surface area contributed by atoms with E-state index in [0.29, 0.717) is 5.92 Å². The second kappa shape index (κ2) is 11.3. The molecule has 3 unspecified atom stereocenters. The summed E-state index contributed by atoms with van der Waals surface area (Å²) >= 11 is 0. The summed E-state index contributed by atoms with van der Waals surface area (Å²) in [4.78, 5) is 5.20. The fourth-order valence-electron chi connectivity index (χ4n) is 6.06. The van der Waals surface area contributed by atoms with Gasteiger partial charge in [0.1, 0.15) is 6.17 Å². The smallest absolute Gasteiger partial charge is 0.114 e. The van der Waals surface area contributed by atoms with Crippen molar-refractivity contribution in [2.24, 2.45) is 5.92 Å². The van der Waals surface area contributed by atoms with Crippen molar-refractivity contribution >= 4 is 22.7 Å². The summed E-state index contributed by atoms with van der Waals surface area (Å²) in [7, 11) is 0. The van der Waals surface area contributed by atoms with Crippen LogP contribution in [0, 0.1) is 5.92 Å². The van der Waals surface area contributed by atoms with Crippen molar-refractivity contribution in [1.29, 1.82) is 0 Å². The molecule has 2 nitrogen and oxygen atoms in total. The number of hydrogen-bond acceptors (Lipinski definition) is 2. The maximum atomic E-state index is 2.60. The van der Waals surface area contributed by atoms with Crippen molar-refractivity contribution in [3.8, 4) is 11.1 Å². The van der Waals surface area contributed by atoms with Crippen LogP contribution in [0.25, 0.3) is 11.1 Å². The van der Waals surface area contributed by atoms with Crippen LogP contribution >= 0.6 is 0 Å². The van der Waals surface area contributed by atoms with Crippen LogP contribution < -0.4 is 9.80 Å². The predicted octanol–water partition coefficient (Wildman–Crippen LogP) is 10.3. The monoisotopic (exact) mass is 490 g/mol. The molecule has 2 aliphatic rings. The normalized spacial score (nSPS) is 20.9. The lowest BCUT2D eigenvalue weighted by atomic mass is 9.66. The van der Waals surface area contributed by atoms with Gasteiger partial charge in [0, 0.05) is 22.6 Å². The first-order chi connectivity index (χ1) is 18.1. The van der Waals surface area contributed by atoms with Gasteiger partial charge in [0.25, 0.3) is 0 Å². The Morgan fingerprint density at radius 3 is 1.65 bits per heavy atom. The van der Waals surface area contributed by atoms with Gasteiger partial charge in [-0.15, -0.1) is 0 Å². The number of anilines is 4. The van der Waals surface area contributed by atoms with Gasteiger partial charge in [0.05, 0.1) is 17.1 Å². The summed E-state index contributed by atoms with van der Waals surface area (Å²) in [6, 6.07) is 37.6. The number of benzene rings is 4. The zero-order chi connectivity index (χ0) is 26.6. The summed E-state index contributed by atoms with van der Waals surface area (Å²) in [6.07, 6.45) is 1.33. The minimum absolute atomic E-state index is 0.0970. The molecule has 4 aromatic rings. The second-order valence-corrected chi connectivity index (χ2v) is 9.60. The Balaban J connectivity index is 0.000000765. The van der Waals surface area contributed by atoms with Crippen LogP contribution in [-0.2, 0) is 5.41 Å². The Kier molecular flexibility index (Phi) is 8.07. The molecule has 0 N–H and O–H groups in total. The molecule has 0 bridgehead atoms. The van der Waals surface area contributed by atoms with Crippen LogP contribution in [0.15, 0.2) is 103 Å². The Hall–Kier alpha value is -3.52. The maximum Gasteiger partial charge on any atom is 0.114 e. The van der Waals surface area contributed by atoms with Gasteiger partial charge < -0.3 is 9.80 Å². The van der Waals surface area contributed by atoms with Crippen LogP contribution in [0.3, 0.4) is 0 Å². The van der Waals surface area contributed by atoms with Crippen molar-refractivity contribution in [3.05, 3.63) is 109 Å². The molecule has 0 saturated heterocycles. The Labute approximate surface area is 224 Å². The van der Waals surface area contributed by atoms with E-state index in [9.17, 15) is 0 Å². The molecule has 0 spiro atoms. The summed E-state index contributed by atoms with van der Waals surface area (Å²) in [5.74, 6) is 0.425. The average molecular weight is 491 g/mol. The number of hydrogen-bond donors (Lipinski definition) is 0. The Bertz CT molecular complexity index is 1310. The van der Waals surface area contributed by atoms with Crippen molar-refractivity contribution in [3.63, 3.8) is 0 Å². The van der Waals surface area contributed by atoms with E-state index in [0.717, 1.165) is 6.42 Å². The van der Waals surface area contributed by atoms with Gasteiger partial charge in [-0.05, 0) is 41.8 Å². The predicted molar refractivity (Wildman–Crippen MR) is 162 cm³/mol. The third-order valence-corrected chi connectivity index (χ3v) is 8.14. The molecule has 0 aromatic heterocycles. The van der Waals surface area contributed by atoms with Gasteiger partial charge >= 0.3 is 0 Å². The SMILES string of the molecule is CC.CC.CCC1(C)c2ccccc2N2c3ccccc3N(c3ccccc3-c3ccccc3)C2C1C. The molecule has 0 radical (unpaired) electrons. The highest BCUT2D eigenvalue weighted by molar-refractivity contribution is 5.94. The van der Waals surface area contributed by atoms with Gasteiger partial charge in [-0.3, -0.25) is 0 Å². The second-order valence-electron chi connectivity index (χ2n) is 9.60. The van der Waals surface area contributed by atoms with E-state index in [2.05, 4.69) is 134 Å². The molecule has 0 amide bonds. The molecule has 192 valence electrons. The molecule has 2 heterocycles. The molecule has 37 heavy (non-hydrogen) atoms. The molecular weight excluding hydrogens is 448 g/mol. The van der Waals surface area contributed by atoms with Crippen LogP contribution in [0.1, 0.15) is 60.5 Å². The van der Waals surface area contributed by atoms with Crippen LogP contribution in [0.4, 0.5) is 22.7 Å². The standard InChI is InChI=1S/C31H30N2.2C2H6/c1-4-31(3)22(2)30-32(26-18-10-8-16-24(26)23-14-6-5-7-15-23)28-20-12-13-21-29(28)33(30)27-19-11-9-17-25(27)31;2*1-2/h5-22,30H,4H2,1-3H3;2*1-2H3. The quantitative estimate of drug-likeness (QED) is 0.282. The van der Waals surface area contributed by atoms with E-state index in [1.165, 1.54) is 39.4 Å². The van der Waals surface area contributed by atoms with Gasteiger partial charge in [-0.1, -0.05) is 127 Å². The van der Waals surface area contributed by atoms with Crippen LogP contribution in [0.2, 0.25) is 0 Å². The van der Waals surface area contributed by atoms with Crippen LogP contribution in [0.5, 0.6) is 0 Å². The van der Waals surface area contributed by atoms with Crippen LogP contribution in [-0.4, -0.2) is 6.17 Å². The number of fused-ring (bicyclic) bond motifs is 5. The lowest BCUT2D eigenvalue weighted by molar-refractivity contribution is 0.249. The van der Waals surface area contributed by atoms with Crippen molar-refractivity contribution in [2.75, 3.05) is 9.80 Å². The number of para-hydroxylation sites is 4. The molecule has 0 saturated carbocycles. The van der Waals surface area contributed by atoms with E-state index in [-0.39, 0.29) is 11.6 Å². The van der Waals surface area contributed by atoms with E-state index < -0.39 is 0 Å². The molecule has 3 atom stereocenters. The Morgan fingerprint density at radius 2 is 1.05 bits per heavy atom. The summed E-state index contributed by atoms with van der Waals surface area (Å²) in [5.41, 5.74) is 9.29. The highest BCUT2D eigenvalue weighted by atomic mass is 15.4. The molecule has 2 aliphatic heterocycles. The first kappa shape index (κ1) is 26.5. The minimum atomic E-state index is 0.0970. The zero-order valence-corrected chi connectivity index (χ0v) is 23.6. The zero-order valence-electron chi connectivity index (χ0n) is 23.6. The maximum absolute atomic E-state index is 2.60. The van der Waals surface area contributed by atoms with Crippen molar-refractivity contribution in [2.45, 2.75) is 66.5 Å². The average Bonchev–Trinajstić information content (AvgIpc) is 3.34. The minimum Gasteiger partial charge on any atom is -0.318 e. The van der Waals surface area contributed by atoms with Gasteiger partial charge in [0.15, 0.2) is 0 Å². The highest BCUT2D eigenvalue weighted by Crippen LogP contribution is 2.59. The highest BCUT2D eigenvalue weighted by Gasteiger charge is 2.52. The molecule has 4 aromatic carbocycles. The summed E-state index contributed by atoms with van der Waals surface area (Å²) < 4.78 is 0. The third-order valence-electron chi connectivity index (χ3n) is 8.14. The molecule has 0 aliphatic carbocycles. The number of nitrogens with zero attached hydrogens (tertiary/aromatic N) is 2.